The van der Waals surface area contributed by atoms with Crippen molar-refractivity contribution in [2.45, 2.75) is 117 Å². The topological polar surface area (TPSA) is 48.9 Å². The summed E-state index contributed by atoms with van der Waals surface area (Å²) in [7, 11) is 0. The summed E-state index contributed by atoms with van der Waals surface area (Å²) in [4.78, 5) is 7.58. The normalized spacial score (nSPS) is 11.5. The van der Waals surface area contributed by atoms with Crippen molar-refractivity contribution in [3.63, 3.8) is 0 Å². The molecule has 0 amide bonds. The molecule has 1 aromatic heterocycles. The van der Waals surface area contributed by atoms with E-state index in [0.717, 1.165) is 18.2 Å². The second-order valence-corrected chi connectivity index (χ2v) is 8.36. The van der Waals surface area contributed by atoms with Crippen LogP contribution in [0, 0.1) is 5.92 Å². The number of imidazole rings is 1. The number of hydrogen-bond acceptors (Lipinski definition) is 2. The number of aliphatic hydroxyl groups is 1. The molecular weight excluding hydrogens is 320 g/mol. The Bertz CT molecular complexity index is 414. The molecule has 3 nitrogen and oxygen atoms in total. The van der Waals surface area contributed by atoms with Crippen LogP contribution >= 0.6 is 0 Å². The molecule has 0 fully saturated rings. The number of H-pyrrole nitrogens is 1. The lowest BCUT2D eigenvalue weighted by Crippen LogP contribution is -1.93. The van der Waals surface area contributed by atoms with Crippen molar-refractivity contribution in [3.05, 3.63) is 17.7 Å². The van der Waals surface area contributed by atoms with Gasteiger partial charge in [0, 0.05) is 18.3 Å². The third-order valence-electron chi connectivity index (χ3n) is 5.26. The number of nitrogens with one attached hydrogen (secondary N) is 1. The van der Waals surface area contributed by atoms with Crippen molar-refractivity contribution in [1.82, 2.24) is 9.97 Å². The average Bonchev–Trinajstić information content (AvgIpc) is 3.06. The zero-order valence-electron chi connectivity index (χ0n) is 17.6. The predicted molar refractivity (Wildman–Crippen MR) is 113 cm³/mol. The van der Waals surface area contributed by atoms with Crippen LogP contribution in [-0.4, -0.2) is 21.7 Å². The Balaban J connectivity index is 1.76. The third-order valence-corrected chi connectivity index (χ3v) is 5.26. The number of aliphatic hydroxyl groups excluding tert-OH is 1. The molecule has 0 saturated carbocycles. The van der Waals surface area contributed by atoms with Crippen molar-refractivity contribution in [2.75, 3.05) is 6.61 Å². The van der Waals surface area contributed by atoms with E-state index in [1.165, 1.54) is 95.6 Å². The van der Waals surface area contributed by atoms with Crippen LogP contribution in [0.5, 0.6) is 0 Å². The maximum Gasteiger partial charge on any atom is 0.108 e. The van der Waals surface area contributed by atoms with Gasteiger partial charge in [-0.15, -0.1) is 0 Å². The summed E-state index contributed by atoms with van der Waals surface area (Å²) in [6.07, 6.45) is 23.4. The van der Waals surface area contributed by atoms with Gasteiger partial charge in [0.25, 0.3) is 0 Å². The van der Waals surface area contributed by atoms with Gasteiger partial charge in [-0.05, 0) is 18.8 Å². The fourth-order valence-electron chi connectivity index (χ4n) is 3.58. The molecule has 0 spiro atoms. The maximum absolute atomic E-state index is 8.89. The lowest BCUT2D eigenvalue weighted by Gasteiger charge is -2.05. The van der Waals surface area contributed by atoms with E-state index < -0.39 is 0 Å². The first-order valence-electron chi connectivity index (χ1n) is 11.4. The van der Waals surface area contributed by atoms with Crippen LogP contribution in [0.25, 0.3) is 0 Å². The molecule has 0 saturated heterocycles. The van der Waals surface area contributed by atoms with Crippen LogP contribution in [0.15, 0.2) is 6.20 Å². The van der Waals surface area contributed by atoms with E-state index in [1.54, 1.807) is 0 Å². The van der Waals surface area contributed by atoms with Gasteiger partial charge in [0.1, 0.15) is 5.82 Å². The molecule has 1 aromatic rings. The molecule has 26 heavy (non-hydrogen) atoms. The van der Waals surface area contributed by atoms with Gasteiger partial charge in [-0.2, -0.15) is 0 Å². The minimum Gasteiger partial charge on any atom is -0.396 e. The Morgan fingerprint density at radius 1 is 0.769 bits per heavy atom. The Morgan fingerprint density at radius 3 is 1.77 bits per heavy atom. The van der Waals surface area contributed by atoms with Crippen LogP contribution in [0.2, 0.25) is 0 Å². The molecule has 152 valence electrons. The molecule has 0 aliphatic heterocycles. The van der Waals surface area contributed by atoms with Crippen LogP contribution in [0.1, 0.15) is 115 Å². The second-order valence-electron chi connectivity index (χ2n) is 8.36. The van der Waals surface area contributed by atoms with Crippen molar-refractivity contribution >= 4 is 0 Å². The van der Waals surface area contributed by atoms with Gasteiger partial charge in [-0.25, -0.2) is 4.98 Å². The van der Waals surface area contributed by atoms with E-state index >= 15 is 0 Å². The first-order chi connectivity index (χ1) is 12.7. The summed E-state index contributed by atoms with van der Waals surface area (Å²) in [6, 6.07) is 0. The third kappa shape index (κ3) is 13.4. The zero-order chi connectivity index (χ0) is 18.9. The van der Waals surface area contributed by atoms with Crippen LogP contribution < -0.4 is 0 Å². The van der Waals surface area contributed by atoms with Crippen LogP contribution in [-0.2, 0) is 12.8 Å². The summed E-state index contributed by atoms with van der Waals surface area (Å²) in [5, 5.41) is 8.89. The number of aromatic amines is 1. The highest BCUT2D eigenvalue weighted by atomic mass is 16.3. The number of unbranched alkanes of at least 4 members (excludes halogenated alkanes) is 12. The number of hydrogen-bond donors (Lipinski definition) is 2. The highest BCUT2D eigenvalue weighted by Crippen LogP contribution is 2.14. The van der Waals surface area contributed by atoms with Gasteiger partial charge in [-0.3, -0.25) is 0 Å². The molecule has 3 heteroatoms. The molecular formula is C23H44N2O. The lowest BCUT2D eigenvalue weighted by atomic mass is 10.0. The Hall–Kier alpha value is -0.830. The van der Waals surface area contributed by atoms with Crippen molar-refractivity contribution in [3.8, 4) is 0 Å². The van der Waals surface area contributed by atoms with Gasteiger partial charge in [0.05, 0.1) is 6.61 Å². The second kappa shape index (κ2) is 16.4. The Kier molecular flexibility index (Phi) is 14.6. The molecule has 0 unspecified atom stereocenters. The molecule has 1 heterocycles. The summed E-state index contributed by atoms with van der Waals surface area (Å²) in [5.41, 5.74) is 1.22. The summed E-state index contributed by atoms with van der Waals surface area (Å²) < 4.78 is 0. The largest absolute Gasteiger partial charge is 0.396 e. The molecule has 0 bridgehead atoms. The average molecular weight is 365 g/mol. The fourth-order valence-corrected chi connectivity index (χ4v) is 3.58. The molecule has 0 radical (unpaired) electrons. The highest BCUT2D eigenvalue weighted by Gasteiger charge is 2.00. The van der Waals surface area contributed by atoms with Crippen molar-refractivity contribution in [1.29, 1.82) is 0 Å². The number of aromatic nitrogens is 2. The first kappa shape index (κ1) is 23.2. The summed E-state index contributed by atoms with van der Waals surface area (Å²) >= 11 is 0. The number of aryl methyl sites for hydroxylation is 1. The SMILES string of the molecule is CC(C)CCCCCCCCCCCCCCCc1cnc(CCO)[nH]1. The van der Waals surface area contributed by atoms with Crippen molar-refractivity contribution < 1.29 is 5.11 Å². The van der Waals surface area contributed by atoms with E-state index in [1.807, 2.05) is 6.20 Å². The monoisotopic (exact) mass is 364 g/mol. The zero-order valence-corrected chi connectivity index (χ0v) is 17.6. The van der Waals surface area contributed by atoms with Gasteiger partial charge >= 0.3 is 0 Å². The standard InChI is InChI=1S/C23H44N2O/c1-21(2)16-14-12-10-8-6-4-3-5-7-9-11-13-15-17-22-20-24-23(25-22)18-19-26/h20-21,26H,3-19H2,1-2H3,(H,24,25). The first-order valence-corrected chi connectivity index (χ1v) is 11.4. The number of rotatable bonds is 18. The van der Waals surface area contributed by atoms with Crippen LogP contribution in [0.4, 0.5) is 0 Å². The highest BCUT2D eigenvalue weighted by molar-refractivity contribution is 5.01. The van der Waals surface area contributed by atoms with Crippen molar-refractivity contribution in [2.24, 2.45) is 5.92 Å². The lowest BCUT2D eigenvalue weighted by molar-refractivity contribution is 0.297. The smallest absolute Gasteiger partial charge is 0.108 e. The minimum absolute atomic E-state index is 0.172. The van der Waals surface area contributed by atoms with Gasteiger partial charge in [-0.1, -0.05) is 97.3 Å². The summed E-state index contributed by atoms with van der Waals surface area (Å²) in [5.74, 6) is 1.79. The van der Waals surface area contributed by atoms with E-state index in [0.29, 0.717) is 6.42 Å². The van der Waals surface area contributed by atoms with Crippen LogP contribution in [0.3, 0.4) is 0 Å². The Labute approximate surface area is 162 Å². The van der Waals surface area contributed by atoms with E-state index in [2.05, 4.69) is 23.8 Å². The summed E-state index contributed by atoms with van der Waals surface area (Å²) in [6.45, 7) is 4.83. The molecule has 0 aliphatic carbocycles. The van der Waals surface area contributed by atoms with Gasteiger partial charge in [0.15, 0.2) is 0 Å². The molecule has 0 aliphatic rings. The van der Waals surface area contributed by atoms with Gasteiger partial charge in [0.2, 0.25) is 0 Å². The fraction of sp³-hybridized carbons (Fsp3) is 0.870. The maximum atomic E-state index is 8.89. The minimum atomic E-state index is 0.172. The Morgan fingerprint density at radius 2 is 1.27 bits per heavy atom. The number of nitrogens with zero attached hydrogens (tertiary/aromatic N) is 1. The van der Waals surface area contributed by atoms with E-state index in [-0.39, 0.29) is 6.61 Å². The van der Waals surface area contributed by atoms with E-state index in [9.17, 15) is 0 Å². The predicted octanol–water partition coefficient (Wildman–Crippen LogP) is 6.60. The molecule has 0 atom stereocenters. The molecule has 0 aromatic carbocycles. The van der Waals surface area contributed by atoms with E-state index in [4.69, 9.17) is 5.11 Å². The molecule has 2 N–H and O–H groups in total. The van der Waals surface area contributed by atoms with Gasteiger partial charge < -0.3 is 10.1 Å². The molecule has 1 rings (SSSR count). The quantitative estimate of drug-likeness (QED) is 0.288.